The quantitative estimate of drug-likeness (QED) is 0.0754. The lowest BCUT2D eigenvalue weighted by Crippen LogP contribution is -2.74. The van der Waals surface area contributed by atoms with Crippen LogP contribution in [-0.2, 0) is 28.3 Å². The van der Waals surface area contributed by atoms with Crippen molar-refractivity contribution >= 4 is 49.3 Å². The first kappa shape index (κ1) is 27.0. The van der Waals surface area contributed by atoms with E-state index >= 15 is 0 Å². The van der Waals surface area contributed by atoms with Crippen LogP contribution in [0.5, 0.6) is 0 Å². The first-order valence-electron chi connectivity index (χ1n) is 9.72. The van der Waals surface area contributed by atoms with Crippen LogP contribution in [0.3, 0.4) is 0 Å². The standard InChI is InChI=1S/C20H30N3O6SSi/c1-9-10-28-18(27)14(23-21)15(25)16(30-11(2)24)13-12(17(26)22-13)20(6,19(3,4)5)29-31(7)8/h9,12-13,16H,1,10H2,2-8H3,(H,22,26). The molecule has 0 saturated carbocycles. The summed E-state index contributed by atoms with van der Waals surface area (Å²) >= 11 is 0.658. The van der Waals surface area contributed by atoms with Crippen LogP contribution < -0.4 is 5.32 Å². The van der Waals surface area contributed by atoms with Gasteiger partial charge in [-0.25, -0.2) is 4.79 Å². The molecule has 1 rings (SSSR count). The highest BCUT2D eigenvalue weighted by molar-refractivity contribution is 8.14. The van der Waals surface area contributed by atoms with E-state index in [1.165, 1.54) is 13.0 Å². The van der Waals surface area contributed by atoms with Gasteiger partial charge in [-0.2, -0.15) is 4.79 Å². The van der Waals surface area contributed by atoms with Crippen LogP contribution in [0.4, 0.5) is 0 Å². The van der Waals surface area contributed by atoms with Crippen molar-refractivity contribution in [1.29, 1.82) is 0 Å². The van der Waals surface area contributed by atoms with E-state index in [1.54, 1.807) is 0 Å². The van der Waals surface area contributed by atoms with E-state index in [4.69, 9.17) is 9.16 Å². The summed E-state index contributed by atoms with van der Waals surface area (Å²) in [6.45, 7) is 16.0. The average molecular weight is 469 g/mol. The summed E-state index contributed by atoms with van der Waals surface area (Å²) in [4.78, 5) is 52.7. The Balaban J connectivity index is 3.41. The Bertz CT molecular complexity index is 818. The highest BCUT2D eigenvalue weighted by Gasteiger charge is 2.61. The third-order valence-electron chi connectivity index (χ3n) is 5.19. The van der Waals surface area contributed by atoms with Crippen LogP contribution in [0.25, 0.3) is 5.53 Å². The topological polar surface area (TPSA) is 135 Å². The molecule has 1 aliphatic heterocycles. The Morgan fingerprint density at radius 3 is 2.29 bits per heavy atom. The van der Waals surface area contributed by atoms with Crippen molar-refractivity contribution in [3.63, 3.8) is 0 Å². The Hall–Kier alpha value is -2.07. The summed E-state index contributed by atoms with van der Waals surface area (Å²) in [5, 5.41) is 1.09. The molecule has 1 heterocycles. The molecule has 171 valence electrons. The van der Waals surface area contributed by atoms with Gasteiger partial charge in [0.25, 0.3) is 5.78 Å². The molecule has 0 spiro atoms. The number of rotatable bonds is 10. The Kier molecular flexibility index (Phi) is 9.13. The van der Waals surface area contributed by atoms with Crippen molar-refractivity contribution in [1.82, 2.24) is 5.32 Å². The maximum atomic E-state index is 13.1. The molecule has 1 amide bonds. The van der Waals surface area contributed by atoms with Gasteiger partial charge in [-0.1, -0.05) is 45.2 Å². The molecule has 0 aliphatic carbocycles. The molecule has 31 heavy (non-hydrogen) atoms. The fourth-order valence-corrected chi connectivity index (χ4v) is 5.58. The van der Waals surface area contributed by atoms with Gasteiger partial charge in [-0.3, -0.25) is 14.4 Å². The minimum Gasteiger partial charge on any atom is -0.453 e. The molecular formula is C20H30N3O6SSi. The number of ketones is 1. The van der Waals surface area contributed by atoms with Crippen molar-refractivity contribution in [2.24, 2.45) is 11.3 Å². The minimum absolute atomic E-state index is 0.188. The predicted octanol–water partition coefficient (Wildman–Crippen LogP) is 1.79. The van der Waals surface area contributed by atoms with Crippen molar-refractivity contribution in [2.45, 2.75) is 64.6 Å². The van der Waals surface area contributed by atoms with Gasteiger partial charge >= 0.3 is 11.7 Å². The Morgan fingerprint density at radius 2 is 1.90 bits per heavy atom. The third-order valence-corrected chi connectivity index (χ3v) is 7.11. The largest absolute Gasteiger partial charge is 0.453 e. The number of β-lactam (4-membered cyclic amide) rings is 1. The van der Waals surface area contributed by atoms with E-state index in [1.807, 2.05) is 40.8 Å². The second kappa shape index (κ2) is 10.5. The number of amides is 1. The second-order valence-corrected chi connectivity index (χ2v) is 11.9. The molecule has 1 N–H and O–H groups in total. The van der Waals surface area contributed by atoms with Crippen molar-refractivity contribution < 1.29 is 33.1 Å². The van der Waals surface area contributed by atoms with Gasteiger partial charge in [-0.15, -0.1) is 0 Å². The minimum atomic E-state index is -1.24. The lowest BCUT2D eigenvalue weighted by molar-refractivity contribution is -0.159. The molecule has 1 saturated heterocycles. The monoisotopic (exact) mass is 468 g/mol. The number of nitrogens with zero attached hydrogens (tertiary/aromatic N) is 2. The smallest absolute Gasteiger partial charge is 0.442 e. The fourth-order valence-electron chi connectivity index (χ4n) is 3.35. The normalized spacial score (nSPS) is 21.1. The van der Waals surface area contributed by atoms with Gasteiger partial charge in [0.2, 0.25) is 14.9 Å². The molecule has 0 aromatic rings. The number of ether oxygens (including phenoxy) is 1. The zero-order valence-electron chi connectivity index (χ0n) is 19.0. The first-order chi connectivity index (χ1) is 14.2. The maximum absolute atomic E-state index is 13.1. The van der Waals surface area contributed by atoms with Crippen molar-refractivity contribution in [3.8, 4) is 0 Å². The zero-order valence-corrected chi connectivity index (χ0v) is 20.8. The van der Waals surface area contributed by atoms with Crippen LogP contribution in [0.1, 0.15) is 34.6 Å². The molecular weight excluding hydrogens is 438 g/mol. The number of thioether (sulfide) groups is 1. The number of hydrogen-bond donors (Lipinski definition) is 1. The lowest BCUT2D eigenvalue weighted by atomic mass is 9.63. The summed E-state index contributed by atoms with van der Waals surface area (Å²) in [6, 6.07) is -0.816. The van der Waals surface area contributed by atoms with Crippen LogP contribution >= 0.6 is 11.8 Å². The number of esters is 1. The van der Waals surface area contributed by atoms with Gasteiger partial charge in [0.1, 0.15) is 11.9 Å². The molecule has 0 aromatic carbocycles. The average Bonchev–Trinajstić information content (AvgIpc) is 2.61. The van der Waals surface area contributed by atoms with Gasteiger partial charge in [0, 0.05) is 6.92 Å². The highest BCUT2D eigenvalue weighted by atomic mass is 32.2. The van der Waals surface area contributed by atoms with Gasteiger partial charge < -0.3 is 20.0 Å². The lowest BCUT2D eigenvalue weighted by Gasteiger charge is -2.55. The molecule has 11 heteroatoms. The van der Waals surface area contributed by atoms with Crippen molar-refractivity contribution in [2.75, 3.05) is 6.61 Å². The fraction of sp³-hybridized carbons (Fsp3) is 0.650. The van der Waals surface area contributed by atoms with Gasteiger partial charge in [0.15, 0.2) is 5.12 Å². The van der Waals surface area contributed by atoms with Crippen LogP contribution in [0.15, 0.2) is 12.7 Å². The number of nitrogens with one attached hydrogen (secondary N) is 1. The molecule has 1 radical (unpaired) electrons. The third kappa shape index (κ3) is 6.00. The van der Waals surface area contributed by atoms with E-state index in [9.17, 15) is 24.7 Å². The number of hydrogen-bond acceptors (Lipinski definition) is 7. The summed E-state index contributed by atoms with van der Waals surface area (Å²) < 4.78 is 11.1. The summed E-state index contributed by atoms with van der Waals surface area (Å²) in [6.07, 6.45) is 1.29. The highest BCUT2D eigenvalue weighted by Crippen LogP contribution is 2.46. The number of carbonyl (C=O) groups excluding carboxylic acids is 4. The Labute approximate surface area is 188 Å². The van der Waals surface area contributed by atoms with Crippen LogP contribution in [0.2, 0.25) is 13.1 Å². The van der Waals surface area contributed by atoms with Gasteiger partial charge in [0.05, 0.1) is 17.6 Å². The maximum Gasteiger partial charge on any atom is 0.442 e. The van der Waals surface area contributed by atoms with Crippen molar-refractivity contribution in [3.05, 3.63) is 18.2 Å². The van der Waals surface area contributed by atoms with Gasteiger partial charge in [-0.05, 0) is 25.4 Å². The van der Waals surface area contributed by atoms with E-state index in [2.05, 4.69) is 16.7 Å². The molecule has 0 bridgehead atoms. The molecule has 0 aromatic heterocycles. The molecule has 9 nitrogen and oxygen atoms in total. The molecule has 1 fully saturated rings. The van der Waals surface area contributed by atoms with E-state index in [-0.39, 0.29) is 12.5 Å². The molecule has 4 atom stereocenters. The number of carbonyl (C=O) groups is 4. The van der Waals surface area contributed by atoms with E-state index < -0.39 is 59.8 Å². The summed E-state index contributed by atoms with van der Waals surface area (Å²) in [5.41, 5.74) is 7.00. The molecule has 4 unspecified atom stereocenters. The van der Waals surface area contributed by atoms with E-state index in [0.29, 0.717) is 11.8 Å². The molecule has 1 aliphatic rings. The number of Topliss-reactive ketones (excluding diaryl/α,β-unsaturated/α-hetero) is 1. The Morgan fingerprint density at radius 1 is 1.32 bits per heavy atom. The van der Waals surface area contributed by atoms with Crippen LogP contribution in [-0.4, -0.2) is 65.8 Å². The SMILES string of the molecule is C=CCOC(=O)C(=[N+]=[N-])C(=O)C(SC(C)=O)C1NC(=O)C1C(C)(O[Si](C)C)C(C)(C)C. The summed E-state index contributed by atoms with van der Waals surface area (Å²) in [5.74, 6) is -3.14. The predicted molar refractivity (Wildman–Crippen MR) is 119 cm³/mol. The second-order valence-electron chi connectivity index (χ2n) is 8.61. The van der Waals surface area contributed by atoms with Crippen LogP contribution in [0, 0.1) is 11.3 Å². The summed E-state index contributed by atoms with van der Waals surface area (Å²) in [7, 11) is -1.24. The first-order valence-corrected chi connectivity index (χ1v) is 13.0. The zero-order chi connectivity index (χ0) is 24.1. The van der Waals surface area contributed by atoms with E-state index in [0.717, 1.165) is 0 Å².